The average molecular weight is 214 g/mol. The summed E-state index contributed by atoms with van der Waals surface area (Å²) in [5, 5.41) is 3.23. The van der Waals surface area contributed by atoms with Gasteiger partial charge in [-0.15, -0.1) is 0 Å². The van der Waals surface area contributed by atoms with Gasteiger partial charge in [-0.3, -0.25) is 4.79 Å². The van der Waals surface area contributed by atoms with Gasteiger partial charge in [0.2, 0.25) is 5.91 Å². The Bertz CT molecular complexity index is 203. The van der Waals surface area contributed by atoms with Crippen LogP contribution in [0.2, 0.25) is 0 Å². The quantitative estimate of drug-likeness (QED) is 0.632. The van der Waals surface area contributed by atoms with Crippen LogP contribution in [0.25, 0.3) is 0 Å². The lowest BCUT2D eigenvalue weighted by Crippen LogP contribution is -2.33. The van der Waals surface area contributed by atoms with Crippen molar-refractivity contribution in [2.45, 2.75) is 38.8 Å². The van der Waals surface area contributed by atoms with Crippen LogP contribution in [-0.4, -0.2) is 49.7 Å². The lowest BCUT2D eigenvalue weighted by Gasteiger charge is -2.16. The first kappa shape index (κ1) is 12.5. The van der Waals surface area contributed by atoms with Crippen LogP contribution in [0, 0.1) is 0 Å². The highest BCUT2D eigenvalue weighted by Crippen LogP contribution is 2.25. The van der Waals surface area contributed by atoms with Crippen LogP contribution in [0.4, 0.5) is 0 Å². The Morgan fingerprint density at radius 1 is 1.53 bits per heavy atom. The Kier molecular flexibility index (Phi) is 5.05. The molecule has 15 heavy (non-hydrogen) atoms. The zero-order chi connectivity index (χ0) is 11.3. The Labute approximate surface area is 92.0 Å². The monoisotopic (exact) mass is 214 g/mol. The molecule has 0 saturated heterocycles. The minimum atomic E-state index is 0.0991. The molecule has 0 spiro atoms. The predicted molar refractivity (Wildman–Crippen MR) is 59.7 cm³/mol. The van der Waals surface area contributed by atoms with Crippen LogP contribution in [-0.2, 0) is 9.53 Å². The van der Waals surface area contributed by atoms with E-state index in [9.17, 15) is 4.79 Å². The molecule has 0 aromatic heterocycles. The molecule has 1 aliphatic rings. The second kappa shape index (κ2) is 6.08. The molecule has 4 nitrogen and oxygen atoms in total. The molecule has 4 heteroatoms. The first-order valence-electron chi connectivity index (χ1n) is 5.68. The Morgan fingerprint density at radius 2 is 2.20 bits per heavy atom. The molecule has 88 valence electrons. The number of likely N-dealkylation sites (N-methyl/N-ethyl adjacent to an activating group) is 1. The molecule has 0 atom stereocenters. The normalized spacial score (nSPS) is 15.7. The highest BCUT2D eigenvalue weighted by Gasteiger charge is 2.29. The summed E-state index contributed by atoms with van der Waals surface area (Å²) in [6.45, 7) is 5.80. The fraction of sp³-hybridized carbons (Fsp3) is 0.909. The van der Waals surface area contributed by atoms with Crippen molar-refractivity contribution in [3.8, 4) is 0 Å². The van der Waals surface area contributed by atoms with E-state index < -0.39 is 0 Å². The van der Waals surface area contributed by atoms with Crippen LogP contribution in [0.5, 0.6) is 0 Å². The maximum atomic E-state index is 11.5. The van der Waals surface area contributed by atoms with Crippen LogP contribution in [0.15, 0.2) is 0 Å². The topological polar surface area (TPSA) is 41.6 Å². The molecule has 1 rings (SSSR count). The third-order valence-corrected chi connectivity index (χ3v) is 2.51. The Balaban J connectivity index is 1.96. The molecule has 0 aromatic carbocycles. The number of carbonyl (C=O) groups excluding carboxylic acids is 1. The largest absolute Gasteiger partial charge is 0.370 e. The van der Waals surface area contributed by atoms with Crippen molar-refractivity contribution in [1.82, 2.24) is 10.2 Å². The van der Waals surface area contributed by atoms with Gasteiger partial charge in [0, 0.05) is 25.7 Å². The van der Waals surface area contributed by atoms with Crippen molar-refractivity contribution in [2.24, 2.45) is 0 Å². The van der Waals surface area contributed by atoms with Gasteiger partial charge in [-0.1, -0.05) is 13.8 Å². The third kappa shape index (κ3) is 5.14. The number of hydrogen-bond donors (Lipinski definition) is 1. The number of ether oxygens (including phenoxy) is 1. The molecule has 0 aromatic rings. The summed E-state index contributed by atoms with van der Waals surface area (Å²) in [6.07, 6.45) is 2.30. The molecular formula is C11H22N2O2. The Morgan fingerprint density at radius 3 is 2.73 bits per heavy atom. The molecule has 0 bridgehead atoms. The summed E-state index contributed by atoms with van der Waals surface area (Å²) in [5.41, 5.74) is 0. The van der Waals surface area contributed by atoms with Crippen molar-refractivity contribution in [1.29, 1.82) is 0 Å². The smallest absolute Gasteiger partial charge is 0.248 e. The van der Waals surface area contributed by atoms with Gasteiger partial charge in [0.1, 0.15) is 6.61 Å². The molecular weight excluding hydrogens is 192 g/mol. The van der Waals surface area contributed by atoms with E-state index in [1.807, 2.05) is 7.05 Å². The maximum Gasteiger partial charge on any atom is 0.248 e. The summed E-state index contributed by atoms with van der Waals surface area (Å²) >= 11 is 0. The molecule has 0 aliphatic heterocycles. The van der Waals surface area contributed by atoms with Gasteiger partial charge in [-0.05, 0) is 12.8 Å². The van der Waals surface area contributed by atoms with Gasteiger partial charge in [-0.2, -0.15) is 0 Å². The second-order valence-electron chi connectivity index (χ2n) is 4.40. The maximum absolute atomic E-state index is 11.5. The van der Waals surface area contributed by atoms with Crippen molar-refractivity contribution in [3.63, 3.8) is 0 Å². The molecule has 1 saturated carbocycles. The van der Waals surface area contributed by atoms with E-state index in [1.54, 1.807) is 4.90 Å². The lowest BCUT2D eigenvalue weighted by atomic mass is 10.4. The zero-order valence-corrected chi connectivity index (χ0v) is 9.95. The standard InChI is InChI=1S/C11H22N2O2/c1-9(2)12-6-7-15-8-11(14)13(3)10-4-5-10/h9-10,12H,4-8H2,1-3H3. The van der Waals surface area contributed by atoms with Crippen molar-refractivity contribution in [3.05, 3.63) is 0 Å². The minimum Gasteiger partial charge on any atom is -0.370 e. The molecule has 1 fully saturated rings. The molecule has 0 unspecified atom stereocenters. The van der Waals surface area contributed by atoms with E-state index in [2.05, 4.69) is 19.2 Å². The van der Waals surface area contributed by atoms with Gasteiger partial charge in [-0.25, -0.2) is 0 Å². The summed E-state index contributed by atoms with van der Waals surface area (Å²) in [4.78, 5) is 13.3. The van der Waals surface area contributed by atoms with Crippen LogP contribution in [0.3, 0.4) is 0 Å². The van der Waals surface area contributed by atoms with E-state index in [-0.39, 0.29) is 12.5 Å². The van der Waals surface area contributed by atoms with E-state index in [4.69, 9.17) is 4.74 Å². The minimum absolute atomic E-state index is 0.0991. The second-order valence-corrected chi connectivity index (χ2v) is 4.40. The summed E-state index contributed by atoms with van der Waals surface area (Å²) in [5.74, 6) is 0.0991. The summed E-state index contributed by atoms with van der Waals surface area (Å²) < 4.78 is 5.29. The third-order valence-electron chi connectivity index (χ3n) is 2.51. The fourth-order valence-electron chi connectivity index (χ4n) is 1.35. The zero-order valence-electron chi connectivity index (χ0n) is 9.95. The van der Waals surface area contributed by atoms with Crippen LogP contribution >= 0.6 is 0 Å². The van der Waals surface area contributed by atoms with Gasteiger partial charge in [0.05, 0.1) is 6.61 Å². The number of hydrogen-bond acceptors (Lipinski definition) is 3. The average Bonchev–Trinajstić information content (AvgIpc) is 2.98. The van der Waals surface area contributed by atoms with Crippen molar-refractivity contribution >= 4 is 5.91 Å². The Hall–Kier alpha value is -0.610. The first-order chi connectivity index (χ1) is 7.11. The number of carbonyl (C=O) groups is 1. The molecule has 1 amide bonds. The van der Waals surface area contributed by atoms with Crippen molar-refractivity contribution < 1.29 is 9.53 Å². The fourth-order valence-corrected chi connectivity index (χ4v) is 1.35. The summed E-state index contributed by atoms with van der Waals surface area (Å²) in [7, 11) is 1.86. The van der Waals surface area contributed by atoms with Gasteiger partial charge < -0.3 is 15.0 Å². The van der Waals surface area contributed by atoms with Crippen LogP contribution < -0.4 is 5.32 Å². The molecule has 1 aliphatic carbocycles. The molecule has 0 heterocycles. The highest BCUT2D eigenvalue weighted by molar-refractivity contribution is 5.77. The predicted octanol–water partition coefficient (Wildman–Crippen LogP) is 0.622. The van der Waals surface area contributed by atoms with Gasteiger partial charge in [0.15, 0.2) is 0 Å². The van der Waals surface area contributed by atoms with E-state index in [1.165, 1.54) is 0 Å². The number of amides is 1. The van der Waals surface area contributed by atoms with E-state index in [0.29, 0.717) is 18.7 Å². The first-order valence-corrected chi connectivity index (χ1v) is 5.68. The molecule has 0 radical (unpaired) electrons. The molecule has 1 N–H and O–H groups in total. The number of nitrogens with one attached hydrogen (secondary N) is 1. The highest BCUT2D eigenvalue weighted by atomic mass is 16.5. The van der Waals surface area contributed by atoms with Gasteiger partial charge in [0.25, 0.3) is 0 Å². The number of nitrogens with zero attached hydrogens (tertiary/aromatic N) is 1. The number of rotatable bonds is 7. The van der Waals surface area contributed by atoms with Crippen LogP contribution in [0.1, 0.15) is 26.7 Å². The van der Waals surface area contributed by atoms with E-state index >= 15 is 0 Å². The summed E-state index contributed by atoms with van der Waals surface area (Å²) in [6, 6.07) is 0.952. The lowest BCUT2D eigenvalue weighted by molar-refractivity contribution is -0.135. The van der Waals surface area contributed by atoms with Gasteiger partial charge >= 0.3 is 0 Å². The van der Waals surface area contributed by atoms with Crippen molar-refractivity contribution in [2.75, 3.05) is 26.8 Å². The SMILES string of the molecule is CC(C)NCCOCC(=O)N(C)C1CC1. The van der Waals surface area contributed by atoms with E-state index in [0.717, 1.165) is 19.4 Å².